The summed E-state index contributed by atoms with van der Waals surface area (Å²) in [7, 11) is 0. The fraction of sp³-hybridized carbons (Fsp3) is 0.231. The molecule has 0 amide bonds. The standard InChI is InChI=1S/C13H11N5OS/c1-2-15-12(16-3-1)18-13-17-11-9-5-14-4-8(9)6-19-7-10(11)20-13/h1-3,5H,4,6-7H2,(H,15,16,17,18). The smallest absolute Gasteiger partial charge is 0.228 e. The highest BCUT2D eigenvalue weighted by Crippen LogP contribution is 2.34. The summed E-state index contributed by atoms with van der Waals surface area (Å²) in [5, 5.41) is 3.90. The normalized spacial score (nSPS) is 16.8. The number of nitrogens with one attached hydrogen (secondary N) is 1. The lowest BCUT2D eigenvalue weighted by atomic mass is 10.1. The van der Waals surface area contributed by atoms with Crippen LogP contribution in [0.25, 0.3) is 5.57 Å². The van der Waals surface area contributed by atoms with Crippen LogP contribution < -0.4 is 5.32 Å². The van der Waals surface area contributed by atoms with E-state index in [1.807, 2.05) is 6.21 Å². The molecule has 4 heterocycles. The SMILES string of the molecule is C1=NCC2=C1c1nc(Nc3ncccn3)sc1COC2. The van der Waals surface area contributed by atoms with Gasteiger partial charge in [-0.2, -0.15) is 0 Å². The molecule has 0 radical (unpaired) electrons. The van der Waals surface area contributed by atoms with Crippen molar-refractivity contribution < 1.29 is 4.74 Å². The van der Waals surface area contributed by atoms with Gasteiger partial charge in [-0.25, -0.2) is 15.0 Å². The molecule has 0 aliphatic carbocycles. The van der Waals surface area contributed by atoms with Crippen LogP contribution in [0.5, 0.6) is 0 Å². The van der Waals surface area contributed by atoms with Gasteiger partial charge in [0.05, 0.1) is 30.3 Å². The molecular formula is C13H11N5OS. The van der Waals surface area contributed by atoms with Crippen molar-refractivity contribution in [2.75, 3.05) is 18.5 Å². The van der Waals surface area contributed by atoms with E-state index in [4.69, 9.17) is 4.74 Å². The third-order valence-electron chi connectivity index (χ3n) is 3.13. The summed E-state index contributed by atoms with van der Waals surface area (Å²) < 4.78 is 5.67. The highest BCUT2D eigenvalue weighted by Gasteiger charge is 2.23. The summed E-state index contributed by atoms with van der Waals surface area (Å²) in [5.41, 5.74) is 3.29. The Morgan fingerprint density at radius 1 is 1.20 bits per heavy atom. The zero-order valence-corrected chi connectivity index (χ0v) is 11.4. The van der Waals surface area contributed by atoms with Crippen LogP contribution in [0.1, 0.15) is 10.6 Å². The predicted molar refractivity (Wildman–Crippen MR) is 77.4 cm³/mol. The average Bonchev–Trinajstić information content (AvgIpc) is 3.04. The molecule has 0 fully saturated rings. The van der Waals surface area contributed by atoms with E-state index < -0.39 is 0 Å². The zero-order chi connectivity index (χ0) is 13.4. The number of hydrogen-bond acceptors (Lipinski definition) is 7. The second-order valence-corrected chi connectivity index (χ2v) is 5.55. The van der Waals surface area contributed by atoms with Crippen molar-refractivity contribution in [3.8, 4) is 0 Å². The monoisotopic (exact) mass is 285 g/mol. The number of aromatic nitrogens is 3. The van der Waals surface area contributed by atoms with Gasteiger partial charge in [0.15, 0.2) is 5.13 Å². The van der Waals surface area contributed by atoms with Crippen molar-refractivity contribution in [1.29, 1.82) is 0 Å². The lowest BCUT2D eigenvalue weighted by molar-refractivity contribution is 0.146. The molecule has 1 N–H and O–H groups in total. The Morgan fingerprint density at radius 2 is 2.10 bits per heavy atom. The van der Waals surface area contributed by atoms with Crippen LogP contribution in [-0.2, 0) is 11.3 Å². The van der Waals surface area contributed by atoms with Crippen LogP contribution in [0.15, 0.2) is 29.0 Å². The molecule has 0 spiro atoms. The number of rotatable bonds is 2. The number of hydrogen-bond donors (Lipinski definition) is 1. The lowest BCUT2D eigenvalue weighted by Crippen LogP contribution is -1.98. The molecule has 0 bridgehead atoms. The minimum atomic E-state index is 0.548. The highest BCUT2D eigenvalue weighted by molar-refractivity contribution is 7.15. The van der Waals surface area contributed by atoms with Crippen LogP contribution in [0, 0.1) is 0 Å². The minimum Gasteiger partial charge on any atom is -0.371 e. The topological polar surface area (TPSA) is 72.3 Å². The number of ether oxygens (including phenoxy) is 1. The molecule has 0 aromatic carbocycles. The van der Waals surface area contributed by atoms with Crippen LogP contribution >= 0.6 is 11.3 Å². The molecule has 0 unspecified atom stereocenters. The van der Waals surface area contributed by atoms with Crippen molar-refractivity contribution in [3.63, 3.8) is 0 Å². The summed E-state index contributed by atoms with van der Waals surface area (Å²) in [5.74, 6) is 0.548. The summed E-state index contributed by atoms with van der Waals surface area (Å²) in [6, 6.07) is 1.78. The molecule has 0 saturated carbocycles. The number of thiazole rings is 1. The fourth-order valence-electron chi connectivity index (χ4n) is 2.22. The number of aliphatic imine (C=N–C) groups is 1. The van der Waals surface area contributed by atoms with Gasteiger partial charge < -0.3 is 10.1 Å². The van der Waals surface area contributed by atoms with Gasteiger partial charge in [-0.3, -0.25) is 4.99 Å². The number of nitrogens with zero attached hydrogens (tertiary/aromatic N) is 4. The van der Waals surface area contributed by atoms with Crippen LogP contribution in [0.4, 0.5) is 11.1 Å². The van der Waals surface area contributed by atoms with Crippen LogP contribution in [-0.4, -0.2) is 34.3 Å². The number of fused-ring (bicyclic) bond motifs is 2. The Labute approximate surface area is 119 Å². The lowest BCUT2D eigenvalue weighted by Gasteiger charge is -2.01. The van der Waals surface area contributed by atoms with Gasteiger partial charge >= 0.3 is 0 Å². The predicted octanol–water partition coefficient (Wildman–Crippen LogP) is 2.04. The molecule has 6 nitrogen and oxygen atoms in total. The van der Waals surface area contributed by atoms with Gasteiger partial charge in [-0.15, -0.1) is 0 Å². The van der Waals surface area contributed by atoms with E-state index in [9.17, 15) is 0 Å². The zero-order valence-electron chi connectivity index (χ0n) is 10.5. The van der Waals surface area contributed by atoms with Gasteiger partial charge in [-0.05, 0) is 11.6 Å². The van der Waals surface area contributed by atoms with Gasteiger partial charge in [0.1, 0.15) is 0 Å². The first kappa shape index (κ1) is 11.7. The third-order valence-corrected chi connectivity index (χ3v) is 4.07. The molecule has 4 rings (SSSR count). The molecule has 2 aliphatic rings. The Hall–Kier alpha value is -2.12. The third kappa shape index (κ3) is 2.00. The quantitative estimate of drug-likeness (QED) is 0.914. The maximum Gasteiger partial charge on any atom is 0.228 e. The Bertz CT molecular complexity index is 707. The number of allylic oxidation sites excluding steroid dienone is 1. The summed E-state index contributed by atoms with van der Waals surface area (Å²) >= 11 is 1.57. The van der Waals surface area contributed by atoms with Crippen molar-refractivity contribution in [1.82, 2.24) is 15.0 Å². The maximum absolute atomic E-state index is 5.67. The molecule has 0 atom stereocenters. The molecule has 100 valence electrons. The fourth-order valence-corrected chi connectivity index (χ4v) is 3.12. The maximum atomic E-state index is 5.67. The van der Waals surface area contributed by atoms with Crippen molar-refractivity contribution in [2.24, 2.45) is 4.99 Å². The van der Waals surface area contributed by atoms with E-state index in [1.54, 1.807) is 29.8 Å². The molecule has 20 heavy (non-hydrogen) atoms. The van der Waals surface area contributed by atoms with Gasteiger partial charge in [0, 0.05) is 24.2 Å². The Morgan fingerprint density at radius 3 is 3.00 bits per heavy atom. The van der Waals surface area contributed by atoms with E-state index in [0.29, 0.717) is 19.2 Å². The largest absolute Gasteiger partial charge is 0.371 e. The van der Waals surface area contributed by atoms with Gasteiger partial charge in [-0.1, -0.05) is 11.3 Å². The summed E-state index contributed by atoms with van der Waals surface area (Å²) in [4.78, 5) is 18.3. The molecule has 2 aromatic rings. The minimum absolute atomic E-state index is 0.548. The summed E-state index contributed by atoms with van der Waals surface area (Å²) in [6.45, 7) is 1.95. The molecule has 7 heteroatoms. The molecule has 2 aromatic heterocycles. The van der Waals surface area contributed by atoms with E-state index >= 15 is 0 Å². The highest BCUT2D eigenvalue weighted by atomic mass is 32.1. The van der Waals surface area contributed by atoms with E-state index in [-0.39, 0.29) is 0 Å². The van der Waals surface area contributed by atoms with E-state index in [1.165, 1.54) is 5.57 Å². The van der Waals surface area contributed by atoms with Crippen molar-refractivity contribution in [2.45, 2.75) is 6.61 Å². The number of anilines is 2. The first-order valence-electron chi connectivity index (χ1n) is 6.24. The van der Waals surface area contributed by atoms with Gasteiger partial charge in [0.2, 0.25) is 5.95 Å². The molecular weight excluding hydrogens is 274 g/mol. The second-order valence-electron chi connectivity index (χ2n) is 4.47. The summed E-state index contributed by atoms with van der Waals surface area (Å²) in [6.07, 6.45) is 5.29. The van der Waals surface area contributed by atoms with Crippen molar-refractivity contribution in [3.05, 3.63) is 34.6 Å². The molecule has 2 aliphatic heterocycles. The van der Waals surface area contributed by atoms with Crippen LogP contribution in [0.3, 0.4) is 0 Å². The van der Waals surface area contributed by atoms with Gasteiger partial charge in [0.25, 0.3) is 0 Å². The second kappa shape index (κ2) is 4.77. The van der Waals surface area contributed by atoms with Crippen LogP contribution in [0.2, 0.25) is 0 Å². The Balaban J connectivity index is 1.70. The Kier molecular flexibility index (Phi) is 2.79. The van der Waals surface area contributed by atoms with E-state index in [2.05, 4.69) is 25.3 Å². The first-order valence-corrected chi connectivity index (χ1v) is 7.05. The first-order chi connectivity index (χ1) is 9.90. The molecule has 0 saturated heterocycles. The van der Waals surface area contributed by atoms with E-state index in [0.717, 1.165) is 27.8 Å². The van der Waals surface area contributed by atoms with Crippen molar-refractivity contribution >= 4 is 34.2 Å². The average molecular weight is 285 g/mol.